The normalized spacial score (nSPS) is 19.4. The predicted octanol–water partition coefficient (Wildman–Crippen LogP) is 2.21. The van der Waals surface area contributed by atoms with Crippen LogP contribution in [0.1, 0.15) is 43.4 Å². The fourth-order valence-electron chi connectivity index (χ4n) is 3.03. The van der Waals surface area contributed by atoms with E-state index in [0.717, 1.165) is 50.1 Å². The molecule has 0 amide bonds. The van der Waals surface area contributed by atoms with E-state index in [1.807, 2.05) is 6.92 Å². The zero-order chi connectivity index (χ0) is 15.3. The fraction of sp³-hybridized carbons (Fsp3) is 0.688. The van der Waals surface area contributed by atoms with E-state index in [1.54, 1.807) is 13.3 Å². The zero-order valence-electron chi connectivity index (χ0n) is 13.3. The van der Waals surface area contributed by atoms with Gasteiger partial charge in [0.2, 0.25) is 0 Å². The van der Waals surface area contributed by atoms with Crippen LogP contribution >= 0.6 is 0 Å². The van der Waals surface area contributed by atoms with Crippen molar-refractivity contribution in [3.05, 3.63) is 23.4 Å². The quantitative estimate of drug-likeness (QED) is 0.841. The molecule has 0 radical (unpaired) electrons. The second kappa shape index (κ2) is 7.20. The average molecular weight is 293 g/mol. The summed E-state index contributed by atoms with van der Waals surface area (Å²) in [6.07, 6.45) is 4.58. The Morgan fingerprint density at radius 3 is 2.81 bits per heavy atom. The van der Waals surface area contributed by atoms with Gasteiger partial charge < -0.3 is 20.5 Å². The molecule has 0 aromatic carbocycles. The van der Waals surface area contributed by atoms with Crippen LogP contribution < -0.4 is 11.1 Å². The second-order valence-electron chi connectivity index (χ2n) is 5.76. The number of rotatable bonds is 6. The van der Waals surface area contributed by atoms with E-state index in [9.17, 15) is 0 Å². The molecule has 0 saturated carbocycles. The minimum absolute atomic E-state index is 0.0405. The minimum Gasteiger partial charge on any atom is -0.383 e. The van der Waals surface area contributed by atoms with Gasteiger partial charge in [0, 0.05) is 44.9 Å². The molecule has 21 heavy (non-hydrogen) atoms. The molecule has 1 fully saturated rings. The third-order valence-corrected chi connectivity index (χ3v) is 4.27. The molecule has 5 heteroatoms. The Morgan fingerprint density at radius 1 is 1.48 bits per heavy atom. The van der Waals surface area contributed by atoms with Crippen molar-refractivity contribution in [1.29, 1.82) is 0 Å². The lowest BCUT2D eigenvalue weighted by atomic mass is 9.81. The van der Waals surface area contributed by atoms with Crippen LogP contribution in [0.2, 0.25) is 0 Å². The van der Waals surface area contributed by atoms with Crippen LogP contribution in [0, 0.1) is 6.92 Å². The molecule has 0 spiro atoms. The zero-order valence-corrected chi connectivity index (χ0v) is 13.3. The highest BCUT2D eigenvalue weighted by atomic mass is 16.5. The van der Waals surface area contributed by atoms with Gasteiger partial charge in [0.25, 0.3) is 0 Å². The molecule has 118 valence electrons. The number of anilines is 1. The Bertz CT molecular complexity index is 459. The first-order valence-corrected chi connectivity index (χ1v) is 7.71. The molecule has 1 aliphatic rings. The van der Waals surface area contributed by atoms with Gasteiger partial charge in [0.15, 0.2) is 0 Å². The van der Waals surface area contributed by atoms with Gasteiger partial charge in [-0.1, -0.05) is 6.92 Å². The van der Waals surface area contributed by atoms with E-state index in [1.165, 1.54) is 0 Å². The average Bonchev–Trinajstić information content (AvgIpc) is 2.51. The van der Waals surface area contributed by atoms with Crippen molar-refractivity contribution in [2.24, 2.45) is 0 Å². The van der Waals surface area contributed by atoms with Crippen LogP contribution in [-0.2, 0) is 9.47 Å². The van der Waals surface area contributed by atoms with Gasteiger partial charge >= 0.3 is 0 Å². The summed E-state index contributed by atoms with van der Waals surface area (Å²) in [6.45, 7) is 6.56. The van der Waals surface area contributed by atoms with Crippen LogP contribution in [0.25, 0.3) is 0 Å². The Kier molecular flexibility index (Phi) is 5.56. The summed E-state index contributed by atoms with van der Waals surface area (Å²) in [5.41, 5.74) is 8.01. The standard InChI is InChI=1S/C16H27N3O2/c1-4-7-18-14(13-10-12(2)11-19-15(13)17)16(20-3)5-8-21-9-6-16/h10-11,14,18H,4-9H2,1-3H3,(H2,17,19). The van der Waals surface area contributed by atoms with Crippen molar-refractivity contribution in [2.75, 3.05) is 32.6 Å². The van der Waals surface area contributed by atoms with Gasteiger partial charge in [-0.15, -0.1) is 0 Å². The van der Waals surface area contributed by atoms with Gasteiger partial charge in [-0.25, -0.2) is 4.98 Å². The summed E-state index contributed by atoms with van der Waals surface area (Å²) in [4.78, 5) is 4.32. The SMILES string of the molecule is CCCNC(c1cc(C)cnc1N)C1(OC)CCOCC1. The Morgan fingerprint density at radius 2 is 2.19 bits per heavy atom. The molecule has 2 heterocycles. The molecule has 1 unspecified atom stereocenters. The number of ether oxygens (including phenoxy) is 2. The van der Waals surface area contributed by atoms with Crippen molar-refractivity contribution in [2.45, 2.75) is 44.8 Å². The number of nitrogens with one attached hydrogen (secondary N) is 1. The Labute approximate surface area is 127 Å². The van der Waals surface area contributed by atoms with Gasteiger partial charge in [-0.3, -0.25) is 0 Å². The van der Waals surface area contributed by atoms with E-state index in [2.05, 4.69) is 23.3 Å². The summed E-state index contributed by atoms with van der Waals surface area (Å²) in [5, 5.41) is 3.61. The van der Waals surface area contributed by atoms with Gasteiger partial charge in [0.1, 0.15) is 5.82 Å². The fourth-order valence-corrected chi connectivity index (χ4v) is 3.03. The Balaban J connectivity index is 2.38. The molecule has 1 aromatic heterocycles. The third kappa shape index (κ3) is 3.54. The van der Waals surface area contributed by atoms with Crippen LogP contribution in [0.15, 0.2) is 12.3 Å². The largest absolute Gasteiger partial charge is 0.383 e. The maximum atomic E-state index is 6.14. The molecule has 1 aliphatic heterocycles. The summed E-state index contributed by atoms with van der Waals surface area (Å²) < 4.78 is 11.5. The number of nitrogens with zero attached hydrogens (tertiary/aromatic N) is 1. The number of nitrogen functional groups attached to an aromatic ring is 1. The van der Waals surface area contributed by atoms with Crippen LogP contribution in [0.4, 0.5) is 5.82 Å². The molecule has 1 atom stereocenters. The van der Waals surface area contributed by atoms with Crippen molar-refractivity contribution in [3.8, 4) is 0 Å². The molecular weight excluding hydrogens is 266 g/mol. The first kappa shape index (κ1) is 16.2. The van der Waals surface area contributed by atoms with Crippen LogP contribution in [0.3, 0.4) is 0 Å². The maximum absolute atomic E-state index is 6.14. The highest BCUT2D eigenvalue weighted by Crippen LogP contribution is 2.39. The maximum Gasteiger partial charge on any atom is 0.128 e. The molecule has 3 N–H and O–H groups in total. The first-order valence-electron chi connectivity index (χ1n) is 7.71. The van der Waals surface area contributed by atoms with E-state index in [-0.39, 0.29) is 11.6 Å². The molecule has 1 aromatic rings. The smallest absolute Gasteiger partial charge is 0.128 e. The summed E-state index contributed by atoms with van der Waals surface area (Å²) >= 11 is 0. The third-order valence-electron chi connectivity index (χ3n) is 4.27. The summed E-state index contributed by atoms with van der Waals surface area (Å²) in [6, 6.07) is 2.16. The van der Waals surface area contributed by atoms with Crippen molar-refractivity contribution in [3.63, 3.8) is 0 Å². The number of aromatic nitrogens is 1. The lowest BCUT2D eigenvalue weighted by molar-refractivity contribution is -0.111. The van der Waals surface area contributed by atoms with E-state index in [4.69, 9.17) is 15.2 Å². The first-order chi connectivity index (χ1) is 10.1. The van der Waals surface area contributed by atoms with Crippen LogP contribution in [0.5, 0.6) is 0 Å². The monoisotopic (exact) mass is 293 g/mol. The van der Waals surface area contributed by atoms with Crippen molar-refractivity contribution < 1.29 is 9.47 Å². The topological polar surface area (TPSA) is 69.4 Å². The molecule has 0 bridgehead atoms. The molecular formula is C16H27N3O2. The lowest BCUT2D eigenvalue weighted by Crippen LogP contribution is -2.49. The van der Waals surface area contributed by atoms with Crippen LogP contribution in [-0.4, -0.2) is 37.5 Å². The van der Waals surface area contributed by atoms with Crippen molar-refractivity contribution >= 4 is 5.82 Å². The Hall–Kier alpha value is -1.17. The molecule has 0 aliphatic carbocycles. The summed E-state index contributed by atoms with van der Waals surface area (Å²) in [5.74, 6) is 0.581. The number of hydrogen-bond donors (Lipinski definition) is 2. The van der Waals surface area contributed by atoms with Gasteiger partial charge in [0.05, 0.1) is 11.6 Å². The highest BCUT2D eigenvalue weighted by Gasteiger charge is 2.42. The second-order valence-corrected chi connectivity index (χ2v) is 5.76. The predicted molar refractivity (Wildman–Crippen MR) is 84.2 cm³/mol. The summed E-state index contributed by atoms with van der Waals surface area (Å²) in [7, 11) is 1.78. The number of methoxy groups -OCH3 is 1. The van der Waals surface area contributed by atoms with Gasteiger partial charge in [-0.05, 0) is 31.5 Å². The number of aryl methyl sites for hydroxylation is 1. The number of hydrogen-bond acceptors (Lipinski definition) is 5. The van der Waals surface area contributed by atoms with E-state index >= 15 is 0 Å². The van der Waals surface area contributed by atoms with Crippen molar-refractivity contribution in [1.82, 2.24) is 10.3 Å². The number of pyridine rings is 1. The molecule has 5 nitrogen and oxygen atoms in total. The lowest BCUT2D eigenvalue weighted by Gasteiger charge is -2.43. The van der Waals surface area contributed by atoms with E-state index < -0.39 is 0 Å². The number of nitrogens with two attached hydrogens (primary N) is 1. The molecule has 1 saturated heterocycles. The molecule has 2 rings (SSSR count). The van der Waals surface area contributed by atoms with E-state index in [0.29, 0.717) is 5.82 Å². The minimum atomic E-state index is -0.281. The highest BCUT2D eigenvalue weighted by molar-refractivity contribution is 5.44. The van der Waals surface area contributed by atoms with Gasteiger partial charge in [-0.2, -0.15) is 0 Å².